The second kappa shape index (κ2) is 6.60. The molecule has 0 aliphatic heterocycles. The third-order valence-electron chi connectivity index (χ3n) is 6.45. The van der Waals surface area contributed by atoms with Gasteiger partial charge in [-0.25, -0.2) is 0 Å². The lowest BCUT2D eigenvalue weighted by Gasteiger charge is -2.07. The predicted octanol–water partition coefficient (Wildman–Crippen LogP) is 8.55. The summed E-state index contributed by atoms with van der Waals surface area (Å²) in [4.78, 5) is 3.62. The molecule has 0 aliphatic rings. The van der Waals surface area contributed by atoms with E-state index in [1.54, 1.807) is 0 Å². The largest absolute Gasteiger partial charge is 0.455 e. The van der Waals surface area contributed by atoms with Crippen LogP contribution in [0, 0.1) is 0 Å². The van der Waals surface area contributed by atoms with Gasteiger partial charge in [0.2, 0.25) is 0 Å². The highest BCUT2D eigenvalue weighted by molar-refractivity contribution is 6.12. The zero-order valence-electron chi connectivity index (χ0n) is 17.3. The van der Waals surface area contributed by atoms with Gasteiger partial charge in [0.15, 0.2) is 0 Å². The maximum absolute atomic E-state index is 6.24. The van der Waals surface area contributed by atoms with Crippen LogP contribution >= 0.6 is 0 Å². The number of H-pyrrole nitrogens is 1. The molecule has 7 rings (SSSR count). The smallest absolute Gasteiger partial charge is 0.143 e. The lowest BCUT2D eigenvalue weighted by molar-refractivity contribution is 0.670. The summed E-state index contributed by atoms with van der Waals surface area (Å²) in [5.74, 6) is 0. The molecule has 150 valence electrons. The van der Waals surface area contributed by atoms with Crippen LogP contribution in [0.5, 0.6) is 0 Å². The van der Waals surface area contributed by atoms with Crippen LogP contribution in [0.4, 0.5) is 0 Å². The van der Waals surface area contributed by atoms with Crippen LogP contribution in [0.15, 0.2) is 114 Å². The Morgan fingerprint density at radius 2 is 1.09 bits per heavy atom. The Morgan fingerprint density at radius 1 is 0.469 bits per heavy atom. The average Bonchev–Trinajstić information content (AvgIpc) is 3.42. The van der Waals surface area contributed by atoms with Crippen LogP contribution in [0.3, 0.4) is 0 Å². The fourth-order valence-electron chi connectivity index (χ4n) is 4.92. The molecule has 0 saturated heterocycles. The molecule has 0 spiro atoms. The number of para-hydroxylation sites is 4. The summed E-state index contributed by atoms with van der Waals surface area (Å²) in [5, 5.41) is 4.84. The molecule has 2 aromatic heterocycles. The van der Waals surface area contributed by atoms with E-state index in [0.717, 1.165) is 33.1 Å². The van der Waals surface area contributed by atoms with Crippen molar-refractivity contribution in [1.29, 1.82) is 0 Å². The van der Waals surface area contributed by atoms with Crippen molar-refractivity contribution in [2.24, 2.45) is 0 Å². The van der Waals surface area contributed by atoms with E-state index in [0.29, 0.717) is 0 Å². The van der Waals surface area contributed by atoms with Crippen molar-refractivity contribution >= 4 is 43.7 Å². The summed E-state index contributed by atoms with van der Waals surface area (Å²) in [6.45, 7) is 0. The second-order valence-electron chi connectivity index (χ2n) is 8.26. The molecule has 1 N–H and O–H groups in total. The van der Waals surface area contributed by atoms with Gasteiger partial charge >= 0.3 is 0 Å². The highest BCUT2D eigenvalue weighted by Gasteiger charge is 2.13. The summed E-state index contributed by atoms with van der Waals surface area (Å²) >= 11 is 0. The van der Waals surface area contributed by atoms with E-state index in [-0.39, 0.29) is 0 Å². The van der Waals surface area contributed by atoms with E-state index in [2.05, 4.69) is 102 Å². The maximum atomic E-state index is 6.24. The molecule has 7 aromatic rings. The van der Waals surface area contributed by atoms with Gasteiger partial charge in [0.05, 0.1) is 5.52 Å². The maximum Gasteiger partial charge on any atom is 0.143 e. The molecule has 0 fully saturated rings. The van der Waals surface area contributed by atoms with Crippen molar-refractivity contribution < 1.29 is 4.42 Å². The van der Waals surface area contributed by atoms with Crippen LogP contribution in [0.1, 0.15) is 0 Å². The van der Waals surface area contributed by atoms with E-state index < -0.39 is 0 Å². The van der Waals surface area contributed by atoms with Gasteiger partial charge in [-0.15, -0.1) is 0 Å². The Kier molecular flexibility index (Phi) is 3.58. The Hall–Kier alpha value is -4.30. The SMILES string of the molecule is c1ccc2c(c1)[nH]c1c(-c3ccc(-c4cccc5c4oc4ccccc45)cc3)cccc12. The first-order valence-corrected chi connectivity index (χ1v) is 10.9. The molecule has 0 aliphatic carbocycles. The minimum atomic E-state index is 0.928. The van der Waals surface area contributed by atoms with E-state index in [9.17, 15) is 0 Å². The van der Waals surface area contributed by atoms with E-state index in [1.807, 2.05) is 12.1 Å². The first-order chi connectivity index (χ1) is 15.9. The Balaban J connectivity index is 1.38. The van der Waals surface area contributed by atoms with Crippen molar-refractivity contribution in [2.45, 2.75) is 0 Å². The van der Waals surface area contributed by atoms with Crippen molar-refractivity contribution in [3.63, 3.8) is 0 Å². The van der Waals surface area contributed by atoms with Gasteiger partial charge in [0.25, 0.3) is 0 Å². The number of benzene rings is 5. The molecule has 2 heteroatoms. The van der Waals surface area contributed by atoms with Crippen molar-refractivity contribution in [1.82, 2.24) is 4.98 Å². The van der Waals surface area contributed by atoms with Gasteiger partial charge in [0, 0.05) is 38.2 Å². The average molecular weight is 409 g/mol. The standard InChI is InChI=1S/C30H19NO/c1-3-13-27-23(7-1)25-11-5-9-21(29(25)31-27)19-15-17-20(18-16-19)22-10-6-12-26-24-8-2-4-14-28(24)32-30(22)26/h1-18,31H. The first kappa shape index (κ1) is 17.4. The van der Waals surface area contributed by atoms with Crippen LogP contribution in [0.25, 0.3) is 66.0 Å². The molecule has 0 saturated carbocycles. The van der Waals surface area contributed by atoms with E-state index >= 15 is 0 Å². The highest BCUT2D eigenvalue weighted by atomic mass is 16.3. The lowest BCUT2D eigenvalue weighted by Crippen LogP contribution is -1.83. The Morgan fingerprint density at radius 3 is 1.94 bits per heavy atom. The Labute approximate surface area is 184 Å². The third kappa shape index (κ3) is 2.47. The number of furan rings is 1. The molecular formula is C30H19NO. The van der Waals surface area contributed by atoms with Gasteiger partial charge in [-0.3, -0.25) is 0 Å². The fraction of sp³-hybridized carbons (Fsp3) is 0. The molecule has 2 heterocycles. The fourth-order valence-corrected chi connectivity index (χ4v) is 4.92. The monoisotopic (exact) mass is 409 g/mol. The summed E-state index contributed by atoms with van der Waals surface area (Å²) < 4.78 is 6.24. The number of rotatable bonds is 2. The van der Waals surface area contributed by atoms with Crippen LogP contribution in [0.2, 0.25) is 0 Å². The predicted molar refractivity (Wildman–Crippen MR) is 134 cm³/mol. The molecule has 5 aromatic carbocycles. The van der Waals surface area contributed by atoms with Gasteiger partial charge < -0.3 is 9.40 Å². The van der Waals surface area contributed by atoms with Crippen LogP contribution < -0.4 is 0 Å². The number of aromatic nitrogens is 1. The third-order valence-corrected chi connectivity index (χ3v) is 6.45. The van der Waals surface area contributed by atoms with Gasteiger partial charge in [-0.2, -0.15) is 0 Å². The lowest BCUT2D eigenvalue weighted by atomic mass is 9.97. The summed E-state index contributed by atoms with van der Waals surface area (Å²) in [6.07, 6.45) is 0. The topological polar surface area (TPSA) is 28.9 Å². The number of fused-ring (bicyclic) bond motifs is 6. The van der Waals surface area contributed by atoms with Crippen LogP contribution in [-0.4, -0.2) is 4.98 Å². The second-order valence-corrected chi connectivity index (χ2v) is 8.26. The summed E-state index contributed by atoms with van der Waals surface area (Å²) in [6, 6.07) is 38.4. The van der Waals surface area contributed by atoms with Crippen molar-refractivity contribution in [3.8, 4) is 22.3 Å². The highest BCUT2D eigenvalue weighted by Crippen LogP contribution is 2.37. The normalized spacial score (nSPS) is 11.8. The number of aromatic amines is 1. The zero-order chi connectivity index (χ0) is 21.1. The molecule has 0 amide bonds. The van der Waals surface area contributed by atoms with E-state index in [4.69, 9.17) is 4.42 Å². The van der Waals surface area contributed by atoms with Crippen LogP contribution in [-0.2, 0) is 0 Å². The van der Waals surface area contributed by atoms with Gasteiger partial charge in [-0.05, 0) is 23.3 Å². The Bertz CT molecular complexity index is 1630. The minimum absolute atomic E-state index is 0.928. The summed E-state index contributed by atoms with van der Waals surface area (Å²) in [7, 11) is 0. The number of nitrogens with one attached hydrogen (secondary N) is 1. The molecule has 0 radical (unpaired) electrons. The molecule has 0 unspecified atom stereocenters. The quantitative estimate of drug-likeness (QED) is 0.304. The number of hydrogen-bond acceptors (Lipinski definition) is 1. The number of hydrogen-bond donors (Lipinski definition) is 1. The summed E-state index contributed by atoms with van der Waals surface area (Å²) in [5.41, 5.74) is 8.91. The van der Waals surface area contributed by atoms with Crippen molar-refractivity contribution in [3.05, 3.63) is 109 Å². The molecule has 0 atom stereocenters. The van der Waals surface area contributed by atoms with E-state index in [1.165, 1.54) is 32.9 Å². The van der Waals surface area contributed by atoms with Crippen molar-refractivity contribution in [2.75, 3.05) is 0 Å². The minimum Gasteiger partial charge on any atom is -0.455 e. The first-order valence-electron chi connectivity index (χ1n) is 10.9. The van der Waals surface area contributed by atoms with Gasteiger partial charge in [0.1, 0.15) is 11.2 Å². The molecule has 32 heavy (non-hydrogen) atoms. The zero-order valence-corrected chi connectivity index (χ0v) is 17.3. The molecular weight excluding hydrogens is 390 g/mol. The van der Waals surface area contributed by atoms with Gasteiger partial charge in [-0.1, -0.05) is 97.1 Å². The molecule has 2 nitrogen and oxygen atoms in total. The molecule has 0 bridgehead atoms.